The first-order chi connectivity index (χ1) is 9.66. The second-order valence-electron chi connectivity index (χ2n) is 6.19. The zero-order valence-corrected chi connectivity index (χ0v) is 11.5. The molecule has 4 atom stereocenters. The molecule has 2 bridgehead atoms. The minimum atomic E-state index is -0.118. The maximum Gasteiger partial charge on any atom is 0.238 e. The molecule has 0 radical (unpaired) electrons. The molecular weight excluding hydrogens is 250 g/mol. The van der Waals surface area contributed by atoms with Crippen LogP contribution in [0.1, 0.15) is 18.4 Å². The van der Waals surface area contributed by atoms with Crippen LogP contribution in [0.15, 0.2) is 36.4 Å². The van der Waals surface area contributed by atoms with Crippen molar-refractivity contribution >= 4 is 17.5 Å². The van der Waals surface area contributed by atoms with Gasteiger partial charge in [-0.15, -0.1) is 0 Å². The molecule has 3 aliphatic carbocycles. The number of amides is 2. The van der Waals surface area contributed by atoms with Crippen LogP contribution < -0.4 is 4.90 Å². The molecule has 1 aromatic carbocycles. The van der Waals surface area contributed by atoms with E-state index < -0.39 is 0 Å². The molecule has 2 fully saturated rings. The van der Waals surface area contributed by atoms with Crippen molar-refractivity contribution in [2.45, 2.75) is 19.8 Å². The standard InChI is InChI=1S/C17H17NO2/c1-10-2-8-13(9-3-10)18-16(19)14-11-4-5-12(7-6-11)15(14)17(18)20/h2-5,8-9,11-12,14-15H,6-7H2,1H3/t11-,12-,14-,15+/m0/s1. The van der Waals surface area contributed by atoms with Gasteiger partial charge in [0.15, 0.2) is 0 Å². The summed E-state index contributed by atoms with van der Waals surface area (Å²) in [6, 6.07) is 7.64. The van der Waals surface area contributed by atoms with Crippen molar-refractivity contribution in [1.29, 1.82) is 0 Å². The second-order valence-corrected chi connectivity index (χ2v) is 6.19. The van der Waals surface area contributed by atoms with Crippen LogP contribution in [-0.2, 0) is 9.59 Å². The Morgan fingerprint density at radius 1 is 0.900 bits per heavy atom. The number of fused-ring (bicyclic) bond motifs is 1. The average molecular weight is 267 g/mol. The van der Waals surface area contributed by atoms with Crippen LogP contribution in [0.5, 0.6) is 0 Å². The van der Waals surface area contributed by atoms with Crippen LogP contribution in [0, 0.1) is 30.6 Å². The van der Waals surface area contributed by atoms with Gasteiger partial charge in [0.1, 0.15) is 0 Å². The molecule has 0 N–H and O–H groups in total. The van der Waals surface area contributed by atoms with Gasteiger partial charge in [0.2, 0.25) is 11.8 Å². The fourth-order valence-electron chi connectivity index (χ4n) is 4.02. The number of anilines is 1. The summed E-state index contributed by atoms with van der Waals surface area (Å²) in [6.07, 6.45) is 6.39. The normalized spacial score (nSPS) is 34.8. The summed E-state index contributed by atoms with van der Waals surface area (Å²) in [4.78, 5) is 26.8. The summed E-state index contributed by atoms with van der Waals surface area (Å²) in [5.74, 6) is 0.291. The lowest BCUT2D eigenvalue weighted by molar-refractivity contribution is -0.124. The quantitative estimate of drug-likeness (QED) is 0.579. The summed E-state index contributed by atoms with van der Waals surface area (Å²) >= 11 is 0. The van der Waals surface area contributed by atoms with E-state index in [0.29, 0.717) is 0 Å². The van der Waals surface area contributed by atoms with Crippen molar-refractivity contribution in [3.63, 3.8) is 0 Å². The van der Waals surface area contributed by atoms with E-state index in [9.17, 15) is 9.59 Å². The molecule has 0 spiro atoms. The number of carbonyl (C=O) groups excluding carboxylic acids is 2. The van der Waals surface area contributed by atoms with Crippen LogP contribution in [0.4, 0.5) is 5.69 Å². The average Bonchev–Trinajstić information content (AvgIpc) is 2.76. The molecule has 1 aliphatic heterocycles. The lowest BCUT2D eigenvalue weighted by Gasteiger charge is -2.38. The summed E-state index contributed by atoms with van der Waals surface area (Å²) < 4.78 is 0. The fraction of sp³-hybridized carbons (Fsp3) is 0.412. The van der Waals surface area contributed by atoms with E-state index in [0.717, 1.165) is 24.1 Å². The Morgan fingerprint density at radius 2 is 1.40 bits per heavy atom. The second kappa shape index (κ2) is 4.05. The highest BCUT2D eigenvalue weighted by atomic mass is 16.2. The summed E-state index contributed by atoms with van der Waals surface area (Å²) in [5.41, 5.74) is 1.85. The number of carbonyl (C=O) groups is 2. The van der Waals surface area contributed by atoms with Gasteiger partial charge >= 0.3 is 0 Å². The molecule has 1 aromatic rings. The molecule has 3 heteroatoms. The molecule has 0 unspecified atom stereocenters. The number of hydrogen-bond donors (Lipinski definition) is 0. The van der Waals surface area contributed by atoms with Gasteiger partial charge in [-0.1, -0.05) is 29.8 Å². The van der Waals surface area contributed by atoms with Gasteiger partial charge in [-0.25, -0.2) is 0 Å². The van der Waals surface area contributed by atoms with Gasteiger partial charge in [-0.3, -0.25) is 14.5 Å². The lowest BCUT2D eigenvalue weighted by Crippen LogP contribution is -2.38. The Bertz CT molecular complexity index is 584. The molecule has 20 heavy (non-hydrogen) atoms. The van der Waals surface area contributed by atoms with E-state index in [4.69, 9.17) is 0 Å². The molecule has 1 saturated carbocycles. The van der Waals surface area contributed by atoms with Gasteiger partial charge in [-0.2, -0.15) is 0 Å². The molecule has 2 amide bonds. The van der Waals surface area contributed by atoms with Crippen molar-refractivity contribution in [2.24, 2.45) is 23.7 Å². The third-order valence-corrected chi connectivity index (χ3v) is 5.05. The van der Waals surface area contributed by atoms with E-state index in [1.54, 1.807) is 0 Å². The number of imide groups is 1. The zero-order valence-electron chi connectivity index (χ0n) is 11.5. The number of allylic oxidation sites excluding steroid dienone is 2. The fourth-order valence-corrected chi connectivity index (χ4v) is 4.02. The van der Waals surface area contributed by atoms with Crippen LogP contribution >= 0.6 is 0 Å². The third-order valence-electron chi connectivity index (χ3n) is 5.05. The first-order valence-corrected chi connectivity index (χ1v) is 7.29. The van der Waals surface area contributed by atoms with Crippen LogP contribution in [0.25, 0.3) is 0 Å². The molecule has 0 aromatic heterocycles. The van der Waals surface area contributed by atoms with Crippen molar-refractivity contribution in [2.75, 3.05) is 4.90 Å². The predicted molar refractivity (Wildman–Crippen MR) is 76.0 cm³/mol. The molecule has 1 heterocycles. The Balaban J connectivity index is 1.75. The van der Waals surface area contributed by atoms with E-state index in [2.05, 4.69) is 12.2 Å². The topological polar surface area (TPSA) is 37.4 Å². The minimum absolute atomic E-state index is 0.00269. The molecule has 1 saturated heterocycles. The summed E-state index contributed by atoms with van der Waals surface area (Å²) in [5, 5.41) is 0. The van der Waals surface area contributed by atoms with Crippen molar-refractivity contribution in [3.8, 4) is 0 Å². The van der Waals surface area contributed by atoms with Gasteiger partial charge in [0, 0.05) is 0 Å². The molecule has 5 rings (SSSR count). The minimum Gasteiger partial charge on any atom is -0.274 e. The highest BCUT2D eigenvalue weighted by Crippen LogP contribution is 2.50. The van der Waals surface area contributed by atoms with E-state index >= 15 is 0 Å². The van der Waals surface area contributed by atoms with E-state index in [1.165, 1.54) is 4.90 Å². The van der Waals surface area contributed by atoms with Gasteiger partial charge in [-0.05, 0) is 43.7 Å². The SMILES string of the molecule is Cc1ccc(N2C(=O)[C@@H]3[C@H](C2=O)[C@H]2C=C[C@H]3CC2)cc1. The lowest BCUT2D eigenvalue weighted by atomic mass is 9.63. The highest BCUT2D eigenvalue weighted by Gasteiger charge is 2.56. The largest absolute Gasteiger partial charge is 0.274 e. The predicted octanol–water partition coefficient (Wildman–Crippen LogP) is 2.70. The summed E-state index contributed by atoms with van der Waals surface area (Å²) in [6.45, 7) is 2.00. The number of benzene rings is 1. The third kappa shape index (κ3) is 1.46. The molecular formula is C17H17NO2. The van der Waals surface area contributed by atoms with Gasteiger partial charge in [0.25, 0.3) is 0 Å². The Morgan fingerprint density at radius 3 is 1.85 bits per heavy atom. The number of nitrogens with zero attached hydrogens (tertiary/aromatic N) is 1. The van der Waals surface area contributed by atoms with Gasteiger partial charge in [0.05, 0.1) is 17.5 Å². The maximum absolute atomic E-state index is 12.7. The van der Waals surface area contributed by atoms with Crippen LogP contribution in [0.3, 0.4) is 0 Å². The Labute approximate surface area is 118 Å². The first kappa shape index (κ1) is 11.9. The number of aryl methyl sites for hydroxylation is 1. The highest BCUT2D eigenvalue weighted by molar-refractivity contribution is 6.22. The monoisotopic (exact) mass is 267 g/mol. The smallest absolute Gasteiger partial charge is 0.238 e. The first-order valence-electron chi connectivity index (χ1n) is 7.29. The Kier molecular flexibility index (Phi) is 2.40. The van der Waals surface area contributed by atoms with Gasteiger partial charge < -0.3 is 0 Å². The van der Waals surface area contributed by atoms with E-state index in [1.807, 2.05) is 31.2 Å². The van der Waals surface area contributed by atoms with E-state index in [-0.39, 0.29) is 35.5 Å². The Hall–Kier alpha value is -1.90. The zero-order chi connectivity index (χ0) is 13.9. The number of hydrogen-bond acceptors (Lipinski definition) is 2. The molecule has 102 valence electrons. The van der Waals surface area contributed by atoms with Crippen LogP contribution in [0.2, 0.25) is 0 Å². The maximum atomic E-state index is 12.7. The number of rotatable bonds is 1. The van der Waals surface area contributed by atoms with Crippen molar-refractivity contribution < 1.29 is 9.59 Å². The van der Waals surface area contributed by atoms with Crippen LogP contribution in [-0.4, -0.2) is 11.8 Å². The molecule has 3 nitrogen and oxygen atoms in total. The van der Waals surface area contributed by atoms with Crippen molar-refractivity contribution in [3.05, 3.63) is 42.0 Å². The molecule has 4 aliphatic rings. The van der Waals surface area contributed by atoms with Crippen molar-refractivity contribution in [1.82, 2.24) is 0 Å². The summed E-state index contributed by atoms with van der Waals surface area (Å²) in [7, 11) is 0.